The van der Waals surface area contributed by atoms with Crippen LogP contribution in [-0.4, -0.2) is 111 Å². The largest absolute Gasteiger partial charge is 0.499 e. The van der Waals surface area contributed by atoms with Crippen LogP contribution in [0.15, 0.2) is 0 Å². The van der Waals surface area contributed by atoms with E-state index in [9.17, 15) is 14.4 Å². The molecule has 0 bridgehead atoms. The summed E-state index contributed by atoms with van der Waals surface area (Å²) in [5, 5.41) is 0. The second-order valence-corrected chi connectivity index (χ2v) is 42.9. The van der Waals surface area contributed by atoms with Gasteiger partial charge in [-0.05, 0) is 32.2 Å². The molecule has 0 heterocycles. The molecule has 0 saturated carbocycles. The van der Waals surface area contributed by atoms with E-state index in [-0.39, 0.29) is 0 Å². The van der Waals surface area contributed by atoms with Gasteiger partial charge in [-0.3, -0.25) is 0 Å². The highest BCUT2D eigenvalue weighted by Gasteiger charge is 2.69. The summed E-state index contributed by atoms with van der Waals surface area (Å²) in [6, 6.07) is 1.17. The van der Waals surface area contributed by atoms with Crippen molar-refractivity contribution in [3.8, 4) is 0 Å². The highest BCUT2D eigenvalue weighted by atomic mass is 30.0. The van der Waals surface area contributed by atoms with E-state index in [1.165, 1.54) is 7.11 Å². The molecule has 0 aromatic heterocycles. The van der Waals surface area contributed by atoms with Crippen LogP contribution in [0.4, 0.5) is 0 Å². The zero-order valence-corrected chi connectivity index (χ0v) is 25.2. The molecule has 0 aliphatic rings. The van der Waals surface area contributed by atoms with Crippen LogP contribution in [0.2, 0.25) is 38.3 Å². The van der Waals surface area contributed by atoms with E-state index >= 15 is 0 Å². The fourth-order valence-electron chi connectivity index (χ4n) is 2.61. The number of hydrogen-bond donors (Lipinski definition) is 3. The second kappa shape index (κ2) is 11.1. The fraction of sp³-hybridized carbons (Fsp3) is 1.00. The van der Waals surface area contributed by atoms with Gasteiger partial charge in [0.05, 0.1) is 9.76 Å². The van der Waals surface area contributed by atoms with Gasteiger partial charge >= 0.3 is 26.4 Å². The van der Waals surface area contributed by atoms with E-state index in [2.05, 4.69) is 9.76 Å². The quantitative estimate of drug-likeness (QED) is 0.243. The normalized spacial score (nSPS) is 18.2. The second-order valence-electron chi connectivity index (χ2n) is 7.02. The van der Waals surface area contributed by atoms with Crippen LogP contribution in [-0.2, 0) is 25.9 Å². The fourth-order valence-corrected chi connectivity index (χ4v) is 67.0. The molecule has 3 N–H and O–H groups in total. The Bertz CT molecular complexity index is 435. The van der Waals surface area contributed by atoms with Crippen LogP contribution < -0.4 is 0 Å². The Balaban J connectivity index is 5.90. The first-order valence-electron chi connectivity index (χ1n) is 8.14. The third-order valence-corrected chi connectivity index (χ3v) is 52.5. The van der Waals surface area contributed by atoms with E-state index in [1.54, 1.807) is 34.4 Å². The van der Waals surface area contributed by atoms with Crippen molar-refractivity contribution in [3.63, 3.8) is 0 Å². The van der Waals surface area contributed by atoms with Crippen molar-refractivity contribution in [2.24, 2.45) is 0 Å². The molecule has 0 saturated heterocycles. The summed E-state index contributed by atoms with van der Waals surface area (Å²) in [4.78, 5) is 30.8. The molecule has 0 aliphatic carbocycles. The summed E-state index contributed by atoms with van der Waals surface area (Å²) < 4.78 is 34.5. The SMILES string of the molecule is CO[Si](CC[Si](C)(C)O[Si](O[Si]O)([Si](C)(C)O)[Si]([Si])(OC)[Si]O)(OC)OC. The minimum atomic E-state index is -3.51. The van der Waals surface area contributed by atoms with Gasteiger partial charge < -0.3 is 40.3 Å². The van der Waals surface area contributed by atoms with Crippen LogP contribution in [0, 0.1) is 0 Å². The maximum atomic E-state index is 11.1. The molecule has 0 rings (SSSR count). The van der Waals surface area contributed by atoms with E-state index in [0.717, 1.165) is 0 Å². The smallest absolute Gasteiger partial charge is 0.438 e. The molecule has 0 spiro atoms. The standard InChI is InChI=1S/C10H31O9Si8/c1-14-25(15-2,16-3)10-9-23(5,6)19-26(18-21-11,24(7,8)13)27(20,17-4)22-12/h11-13H,9-10H2,1-8H3. The third kappa shape index (κ3) is 6.68. The lowest BCUT2D eigenvalue weighted by Gasteiger charge is -2.50. The first kappa shape index (κ1) is 28.4. The zero-order valence-electron chi connectivity index (χ0n) is 17.2. The van der Waals surface area contributed by atoms with Gasteiger partial charge in [-0.25, -0.2) is 0 Å². The molecule has 9 nitrogen and oxygen atoms in total. The van der Waals surface area contributed by atoms with Crippen molar-refractivity contribution in [1.82, 2.24) is 0 Å². The molecule has 0 aromatic rings. The van der Waals surface area contributed by atoms with Crippen LogP contribution in [0.1, 0.15) is 0 Å². The maximum absolute atomic E-state index is 11.1. The molecular weight excluding hydrogens is 489 g/mol. The van der Waals surface area contributed by atoms with E-state index < -0.39 is 58.7 Å². The Morgan fingerprint density at radius 3 is 1.63 bits per heavy atom. The van der Waals surface area contributed by atoms with Crippen LogP contribution >= 0.6 is 0 Å². The van der Waals surface area contributed by atoms with Crippen LogP contribution in [0.25, 0.3) is 0 Å². The number of rotatable bonds is 14. The molecule has 27 heavy (non-hydrogen) atoms. The van der Waals surface area contributed by atoms with Crippen molar-refractivity contribution in [3.05, 3.63) is 0 Å². The van der Waals surface area contributed by atoms with Crippen molar-refractivity contribution in [1.29, 1.82) is 0 Å². The molecule has 7 radical (unpaired) electrons. The molecule has 17 heteroatoms. The topological polar surface area (TPSA) is 116 Å². The lowest BCUT2D eigenvalue weighted by Crippen LogP contribution is -2.85. The number of hydrogen-bond acceptors (Lipinski definition) is 9. The molecule has 157 valence electrons. The summed E-state index contributed by atoms with van der Waals surface area (Å²) in [5.41, 5.74) is 0. The summed E-state index contributed by atoms with van der Waals surface area (Å²) in [5.74, 6) is 0. The van der Waals surface area contributed by atoms with E-state index in [0.29, 0.717) is 12.1 Å². The molecule has 0 aromatic carbocycles. The lowest BCUT2D eigenvalue weighted by atomic mass is 10.9. The Labute approximate surface area is 175 Å². The maximum Gasteiger partial charge on any atom is 0.499 e. The Morgan fingerprint density at radius 2 is 1.33 bits per heavy atom. The van der Waals surface area contributed by atoms with Crippen molar-refractivity contribution in [2.45, 2.75) is 38.3 Å². The van der Waals surface area contributed by atoms with Gasteiger partial charge in [-0.1, -0.05) is 0 Å². The lowest BCUT2D eigenvalue weighted by molar-refractivity contribution is 0.125. The van der Waals surface area contributed by atoms with Gasteiger partial charge in [0, 0.05) is 34.5 Å². The predicted molar refractivity (Wildman–Crippen MR) is 116 cm³/mol. The Kier molecular flexibility index (Phi) is 11.7. The van der Waals surface area contributed by atoms with Gasteiger partial charge in [0.15, 0.2) is 8.32 Å². The highest BCUT2D eigenvalue weighted by Crippen LogP contribution is 2.33. The van der Waals surface area contributed by atoms with Gasteiger partial charge in [-0.15, -0.1) is 0 Å². The van der Waals surface area contributed by atoms with E-state index in [4.69, 9.17) is 25.9 Å². The van der Waals surface area contributed by atoms with Crippen molar-refractivity contribution < 1.29 is 40.3 Å². The average molecular weight is 520 g/mol. The molecule has 0 fully saturated rings. The third-order valence-electron chi connectivity index (χ3n) is 4.31. The molecular formula is C10H31O9Si8. The van der Waals surface area contributed by atoms with Crippen molar-refractivity contribution in [2.75, 3.05) is 28.4 Å². The Morgan fingerprint density at radius 1 is 0.852 bits per heavy atom. The Hall–Kier alpha value is 1.38. The van der Waals surface area contributed by atoms with Crippen LogP contribution in [0.5, 0.6) is 0 Å². The molecule has 0 aliphatic heterocycles. The summed E-state index contributed by atoms with van der Waals surface area (Å²) in [6.07, 6.45) is 0. The van der Waals surface area contributed by atoms with Gasteiger partial charge in [-0.2, -0.15) is 0 Å². The highest BCUT2D eigenvalue weighted by molar-refractivity contribution is 7.83. The molecule has 2 unspecified atom stereocenters. The van der Waals surface area contributed by atoms with Gasteiger partial charge in [0.2, 0.25) is 24.0 Å². The summed E-state index contributed by atoms with van der Waals surface area (Å²) in [6.45, 7) is 4.24. The first-order valence-corrected chi connectivity index (χ1v) is 26.2. The predicted octanol–water partition coefficient (Wildman–Crippen LogP) is -1.21. The monoisotopic (exact) mass is 519 g/mol. The van der Waals surface area contributed by atoms with E-state index in [1.807, 2.05) is 13.1 Å². The summed E-state index contributed by atoms with van der Waals surface area (Å²) >= 11 is 0. The van der Waals surface area contributed by atoms with Gasteiger partial charge in [0.25, 0.3) is 0 Å². The summed E-state index contributed by atoms with van der Waals surface area (Å²) in [7, 11) is -3.63. The minimum Gasteiger partial charge on any atom is -0.438 e. The minimum absolute atomic E-state index is 0.541. The first-order chi connectivity index (χ1) is 12.3. The van der Waals surface area contributed by atoms with Crippen LogP contribution in [0.3, 0.4) is 0 Å². The van der Waals surface area contributed by atoms with Crippen molar-refractivity contribution >= 4 is 68.5 Å². The average Bonchev–Trinajstić information content (AvgIpc) is 2.61. The molecule has 0 amide bonds. The zero-order chi connectivity index (χ0) is 21.6. The van der Waals surface area contributed by atoms with Gasteiger partial charge in [0.1, 0.15) is 0 Å². The molecule has 2 atom stereocenters.